The number of fused-ring (bicyclic) bond motifs is 1. The monoisotopic (exact) mass is 226 g/mol. The molecule has 3 N–H and O–H groups in total. The standard InChI is InChI=1S/C10H10N2O2.ClH/c1-14-10(13)9-6-4-5-12-8(6)3-2-7(9)11;/h2-5,12H,11H2,1H3;1H. The van der Waals surface area contributed by atoms with Crippen molar-refractivity contribution in [2.75, 3.05) is 12.8 Å². The van der Waals surface area contributed by atoms with E-state index in [0.29, 0.717) is 11.3 Å². The number of nitrogens with one attached hydrogen (secondary N) is 1. The first kappa shape index (κ1) is 11.4. The fourth-order valence-electron chi connectivity index (χ4n) is 1.48. The fraction of sp³-hybridized carbons (Fsp3) is 0.100. The molecule has 0 spiro atoms. The lowest BCUT2D eigenvalue weighted by atomic mass is 10.1. The van der Waals surface area contributed by atoms with Crippen molar-refractivity contribution in [3.05, 3.63) is 30.0 Å². The summed E-state index contributed by atoms with van der Waals surface area (Å²) in [7, 11) is 1.34. The number of H-pyrrole nitrogens is 1. The number of nitrogens with two attached hydrogens (primary N) is 1. The third-order valence-electron chi connectivity index (χ3n) is 2.16. The van der Waals surface area contributed by atoms with E-state index in [1.165, 1.54) is 7.11 Å². The van der Waals surface area contributed by atoms with E-state index in [9.17, 15) is 4.79 Å². The highest BCUT2D eigenvalue weighted by atomic mass is 35.5. The Kier molecular flexibility index (Phi) is 3.21. The van der Waals surface area contributed by atoms with Crippen LogP contribution < -0.4 is 5.73 Å². The van der Waals surface area contributed by atoms with Gasteiger partial charge >= 0.3 is 5.97 Å². The zero-order valence-corrected chi connectivity index (χ0v) is 8.93. The van der Waals surface area contributed by atoms with Gasteiger partial charge in [0.2, 0.25) is 0 Å². The third kappa shape index (κ3) is 1.76. The molecule has 1 aromatic heterocycles. The molecule has 4 nitrogen and oxygen atoms in total. The van der Waals surface area contributed by atoms with Gasteiger partial charge in [-0.15, -0.1) is 12.4 Å². The lowest BCUT2D eigenvalue weighted by molar-refractivity contribution is 0.0604. The zero-order valence-electron chi connectivity index (χ0n) is 8.11. The van der Waals surface area contributed by atoms with Crippen LogP contribution in [0.2, 0.25) is 0 Å². The average molecular weight is 227 g/mol. The highest BCUT2D eigenvalue weighted by Crippen LogP contribution is 2.23. The van der Waals surface area contributed by atoms with Crippen LogP contribution in [0.25, 0.3) is 10.9 Å². The molecule has 0 radical (unpaired) electrons. The number of anilines is 1. The summed E-state index contributed by atoms with van der Waals surface area (Å²) in [6, 6.07) is 5.32. The fourth-order valence-corrected chi connectivity index (χ4v) is 1.48. The first-order valence-electron chi connectivity index (χ1n) is 4.18. The normalized spacial score (nSPS) is 9.67. The van der Waals surface area contributed by atoms with Crippen molar-refractivity contribution in [3.63, 3.8) is 0 Å². The molecule has 0 aliphatic carbocycles. The SMILES string of the molecule is COC(=O)c1c(N)ccc2[nH]ccc12.Cl. The molecule has 0 aliphatic rings. The van der Waals surface area contributed by atoms with Crippen molar-refractivity contribution in [3.8, 4) is 0 Å². The molecule has 1 aromatic carbocycles. The molecule has 0 amide bonds. The van der Waals surface area contributed by atoms with E-state index in [4.69, 9.17) is 5.73 Å². The van der Waals surface area contributed by atoms with Crippen LogP contribution in [0.3, 0.4) is 0 Å². The predicted molar refractivity (Wildman–Crippen MR) is 61.3 cm³/mol. The van der Waals surface area contributed by atoms with Crippen LogP contribution in [0.15, 0.2) is 24.4 Å². The average Bonchev–Trinajstić information content (AvgIpc) is 2.64. The van der Waals surface area contributed by atoms with Gasteiger partial charge in [-0.3, -0.25) is 0 Å². The second kappa shape index (κ2) is 4.23. The van der Waals surface area contributed by atoms with Crippen molar-refractivity contribution >= 4 is 35.0 Å². The number of carbonyl (C=O) groups excluding carboxylic acids is 1. The number of halogens is 1. The topological polar surface area (TPSA) is 68.1 Å². The molecule has 0 atom stereocenters. The molecule has 0 fully saturated rings. The Morgan fingerprint density at radius 3 is 2.80 bits per heavy atom. The summed E-state index contributed by atoms with van der Waals surface area (Å²) in [5.41, 5.74) is 7.44. The second-order valence-electron chi connectivity index (χ2n) is 2.96. The van der Waals surface area contributed by atoms with E-state index < -0.39 is 5.97 Å². The molecular weight excluding hydrogens is 216 g/mol. The summed E-state index contributed by atoms with van der Waals surface area (Å²) in [6.07, 6.45) is 1.76. The van der Waals surface area contributed by atoms with Crippen LogP contribution in [-0.2, 0) is 4.74 Å². The number of nitrogen functional groups attached to an aromatic ring is 1. The number of aromatic amines is 1. The molecule has 0 unspecified atom stereocenters. The minimum Gasteiger partial charge on any atom is -0.465 e. The third-order valence-corrected chi connectivity index (χ3v) is 2.16. The number of carbonyl (C=O) groups is 1. The van der Waals surface area contributed by atoms with Gasteiger partial charge < -0.3 is 15.5 Å². The van der Waals surface area contributed by atoms with Crippen molar-refractivity contribution in [2.45, 2.75) is 0 Å². The Labute approximate surface area is 92.8 Å². The van der Waals surface area contributed by atoms with E-state index in [1.807, 2.05) is 6.07 Å². The van der Waals surface area contributed by atoms with Gasteiger partial charge in [0.05, 0.1) is 12.7 Å². The first-order valence-corrected chi connectivity index (χ1v) is 4.18. The Bertz CT molecular complexity index is 493. The van der Waals surface area contributed by atoms with Gasteiger partial charge in [-0.2, -0.15) is 0 Å². The van der Waals surface area contributed by atoms with E-state index in [2.05, 4.69) is 9.72 Å². The van der Waals surface area contributed by atoms with Gasteiger partial charge in [0.1, 0.15) is 0 Å². The molecule has 2 aromatic rings. The molecular formula is C10H11ClN2O2. The van der Waals surface area contributed by atoms with Gasteiger partial charge in [0.15, 0.2) is 0 Å². The Morgan fingerprint density at radius 1 is 1.40 bits per heavy atom. The number of hydrogen-bond donors (Lipinski definition) is 2. The van der Waals surface area contributed by atoms with Crippen LogP contribution in [0.5, 0.6) is 0 Å². The highest BCUT2D eigenvalue weighted by Gasteiger charge is 2.14. The minimum atomic E-state index is -0.410. The lowest BCUT2D eigenvalue weighted by Crippen LogP contribution is -2.05. The minimum absolute atomic E-state index is 0. The largest absolute Gasteiger partial charge is 0.465 e. The van der Waals surface area contributed by atoms with Crippen LogP contribution >= 0.6 is 12.4 Å². The Balaban J connectivity index is 0.00000112. The molecule has 0 aliphatic heterocycles. The van der Waals surface area contributed by atoms with E-state index in [-0.39, 0.29) is 12.4 Å². The van der Waals surface area contributed by atoms with Crippen molar-refractivity contribution < 1.29 is 9.53 Å². The van der Waals surface area contributed by atoms with Crippen molar-refractivity contribution in [1.29, 1.82) is 0 Å². The van der Waals surface area contributed by atoms with Crippen molar-refractivity contribution in [1.82, 2.24) is 4.98 Å². The summed E-state index contributed by atoms with van der Waals surface area (Å²) in [5.74, 6) is -0.410. The summed E-state index contributed by atoms with van der Waals surface area (Å²) in [4.78, 5) is 14.4. The van der Waals surface area contributed by atoms with Gasteiger partial charge in [-0.25, -0.2) is 4.79 Å². The molecule has 15 heavy (non-hydrogen) atoms. The van der Waals surface area contributed by atoms with Crippen molar-refractivity contribution in [2.24, 2.45) is 0 Å². The number of benzene rings is 1. The number of rotatable bonds is 1. The quantitative estimate of drug-likeness (QED) is 0.577. The van der Waals surface area contributed by atoms with E-state index in [0.717, 1.165) is 10.9 Å². The summed E-state index contributed by atoms with van der Waals surface area (Å²) in [6.45, 7) is 0. The number of aromatic nitrogens is 1. The molecule has 0 bridgehead atoms. The van der Waals surface area contributed by atoms with Crippen LogP contribution in [-0.4, -0.2) is 18.1 Å². The molecule has 0 saturated carbocycles. The number of hydrogen-bond acceptors (Lipinski definition) is 3. The maximum atomic E-state index is 11.4. The second-order valence-corrected chi connectivity index (χ2v) is 2.96. The molecule has 80 valence electrons. The predicted octanol–water partition coefficient (Wildman–Crippen LogP) is 1.96. The van der Waals surface area contributed by atoms with Crippen LogP contribution in [0.1, 0.15) is 10.4 Å². The summed E-state index contributed by atoms with van der Waals surface area (Å²) in [5, 5.41) is 0.789. The van der Waals surface area contributed by atoms with Gasteiger partial charge in [0, 0.05) is 22.8 Å². The lowest BCUT2D eigenvalue weighted by Gasteiger charge is -2.04. The maximum Gasteiger partial charge on any atom is 0.340 e. The summed E-state index contributed by atoms with van der Waals surface area (Å²) >= 11 is 0. The van der Waals surface area contributed by atoms with E-state index >= 15 is 0 Å². The van der Waals surface area contributed by atoms with E-state index in [1.54, 1.807) is 18.3 Å². The molecule has 0 saturated heterocycles. The molecule has 2 rings (SSSR count). The molecule has 5 heteroatoms. The van der Waals surface area contributed by atoms with Crippen LogP contribution in [0.4, 0.5) is 5.69 Å². The van der Waals surface area contributed by atoms with Gasteiger partial charge in [0.25, 0.3) is 0 Å². The van der Waals surface area contributed by atoms with Crippen LogP contribution in [0, 0.1) is 0 Å². The molecule has 1 heterocycles. The Hall–Kier alpha value is -1.68. The summed E-state index contributed by atoms with van der Waals surface area (Å²) < 4.78 is 4.66. The highest BCUT2D eigenvalue weighted by molar-refractivity contribution is 6.08. The zero-order chi connectivity index (χ0) is 10.1. The van der Waals surface area contributed by atoms with Gasteiger partial charge in [-0.05, 0) is 18.2 Å². The number of esters is 1. The number of ether oxygens (including phenoxy) is 1. The maximum absolute atomic E-state index is 11.4. The first-order chi connectivity index (χ1) is 6.74. The number of methoxy groups -OCH3 is 1. The van der Waals surface area contributed by atoms with Gasteiger partial charge in [-0.1, -0.05) is 0 Å². The Morgan fingerprint density at radius 2 is 2.13 bits per heavy atom. The smallest absolute Gasteiger partial charge is 0.340 e.